The highest BCUT2D eigenvalue weighted by molar-refractivity contribution is 6.25. The van der Waals surface area contributed by atoms with Crippen LogP contribution in [0.25, 0.3) is 93.2 Å². The van der Waals surface area contributed by atoms with Crippen LogP contribution in [0.3, 0.4) is 0 Å². The highest BCUT2D eigenvalue weighted by Gasteiger charge is 2.35. The first kappa shape index (κ1) is 29.3. The first-order chi connectivity index (χ1) is 25.5. The topological polar surface area (TPSA) is 4.93 Å². The smallest absolute Gasteiger partial charge is 0.0547 e. The summed E-state index contributed by atoms with van der Waals surface area (Å²) in [7, 11) is 0. The Morgan fingerprint density at radius 2 is 0.808 bits per heavy atom. The number of hydrogen-bond donors (Lipinski definition) is 0. The van der Waals surface area contributed by atoms with Crippen molar-refractivity contribution in [2.24, 2.45) is 0 Å². The second-order valence-corrected chi connectivity index (χ2v) is 14.9. The molecule has 1 aromatic heterocycles. The monoisotopic (exact) mass is 661 g/mol. The highest BCUT2D eigenvalue weighted by atomic mass is 15.0. The van der Waals surface area contributed by atoms with Crippen LogP contribution in [-0.2, 0) is 5.41 Å². The van der Waals surface area contributed by atoms with E-state index in [4.69, 9.17) is 0 Å². The van der Waals surface area contributed by atoms with Crippen LogP contribution in [0.5, 0.6) is 0 Å². The molecule has 11 rings (SSSR count). The maximum Gasteiger partial charge on any atom is 0.0547 e. The summed E-state index contributed by atoms with van der Waals surface area (Å²) in [5.74, 6) is 0. The van der Waals surface area contributed by atoms with Gasteiger partial charge in [0.1, 0.15) is 0 Å². The van der Waals surface area contributed by atoms with Crippen molar-refractivity contribution in [1.82, 2.24) is 4.57 Å². The van der Waals surface area contributed by atoms with Gasteiger partial charge < -0.3 is 4.57 Å². The van der Waals surface area contributed by atoms with E-state index in [1.165, 1.54) is 98.6 Å². The molecule has 0 radical (unpaired) electrons. The van der Waals surface area contributed by atoms with E-state index >= 15 is 0 Å². The standard InChI is InChI=1S/C51H35N/c1-51(2)47-17-9-7-15-42(47)46-30-33(23-28-48(46)51)32-19-24-36(25-20-32)52-49-18-10-8-16-43(49)44-27-22-35(31-50(44)52)34-21-26-41-39-13-4-3-11-37(39)38-12-5-6-14-40(38)45(41)29-34/h3-31H,1-2H3. The van der Waals surface area contributed by atoms with Gasteiger partial charge in [0, 0.05) is 21.9 Å². The van der Waals surface area contributed by atoms with Crippen molar-refractivity contribution in [3.8, 4) is 39.1 Å². The van der Waals surface area contributed by atoms with Crippen molar-refractivity contribution in [3.05, 3.63) is 187 Å². The molecule has 52 heavy (non-hydrogen) atoms. The van der Waals surface area contributed by atoms with Crippen LogP contribution in [0, 0.1) is 0 Å². The molecule has 0 saturated carbocycles. The van der Waals surface area contributed by atoms with Gasteiger partial charge in [-0.2, -0.15) is 0 Å². The lowest BCUT2D eigenvalue weighted by molar-refractivity contribution is 0.660. The Hall–Kier alpha value is -6.44. The fraction of sp³-hybridized carbons (Fsp3) is 0.0588. The van der Waals surface area contributed by atoms with Gasteiger partial charge in [0.05, 0.1) is 11.0 Å². The van der Waals surface area contributed by atoms with Crippen molar-refractivity contribution in [2.75, 3.05) is 0 Å². The second kappa shape index (κ2) is 10.8. The van der Waals surface area contributed by atoms with Crippen LogP contribution in [0.4, 0.5) is 0 Å². The summed E-state index contributed by atoms with van der Waals surface area (Å²) in [6.07, 6.45) is 0. The van der Waals surface area contributed by atoms with Crippen LogP contribution < -0.4 is 0 Å². The van der Waals surface area contributed by atoms with E-state index in [1.807, 2.05) is 0 Å². The number of rotatable bonds is 3. The minimum absolute atomic E-state index is 0.0126. The van der Waals surface area contributed by atoms with Crippen LogP contribution in [-0.4, -0.2) is 4.57 Å². The summed E-state index contributed by atoms with van der Waals surface area (Å²) in [6.45, 7) is 4.68. The molecule has 0 saturated heterocycles. The highest BCUT2D eigenvalue weighted by Crippen LogP contribution is 2.49. The molecule has 0 aliphatic heterocycles. The molecule has 0 fully saturated rings. The number of fused-ring (bicyclic) bond motifs is 12. The average Bonchev–Trinajstić information content (AvgIpc) is 3.65. The second-order valence-electron chi connectivity index (χ2n) is 14.9. The minimum atomic E-state index is 0.0126. The maximum atomic E-state index is 2.43. The molecule has 0 atom stereocenters. The molecule has 1 aliphatic carbocycles. The Kier molecular flexibility index (Phi) is 6.08. The SMILES string of the molecule is CC1(C)c2ccccc2-c2cc(-c3ccc(-n4c5ccccc5c5ccc(-c6ccc7c8ccccc8c8ccccc8c7c6)cc54)cc3)ccc21. The summed E-state index contributed by atoms with van der Waals surface area (Å²) in [4.78, 5) is 0. The molecular weight excluding hydrogens is 627 g/mol. The van der Waals surface area contributed by atoms with Crippen LogP contribution >= 0.6 is 0 Å². The molecule has 1 aliphatic rings. The van der Waals surface area contributed by atoms with Gasteiger partial charge in [-0.15, -0.1) is 0 Å². The van der Waals surface area contributed by atoms with Gasteiger partial charge in [0.25, 0.3) is 0 Å². The summed E-state index contributed by atoms with van der Waals surface area (Å²) < 4.78 is 2.43. The molecule has 0 bridgehead atoms. The van der Waals surface area contributed by atoms with E-state index in [1.54, 1.807) is 0 Å². The molecule has 10 aromatic rings. The van der Waals surface area contributed by atoms with Gasteiger partial charge in [-0.3, -0.25) is 0 Å². The van der Waals surface area contributed by atoms with E-state index in [9.17, 15) is 0 Å². The van der Waals surface area contributed by atoms with Gasteiger partial charge in [0.2, 0.25) is 0 Å². The van der Waals surface area contributed by atoms with Gasteiger partial charge in [-0.25, -0.2) is 0 Å². The minimum Gasteiger partial charge on any atom is -0.309 e. The van der Waals surface area contributed by atoms with Crippen molar-refractivity contribution in [2.45, 2.75) is 19.3 Å². The Labute approximate surface area is 303 Å². The lowest BCUT2D eigenvalue weighted by atomic mass is 9.82. The third-order valence-corrected chi connectivity index (χ3v) is 11.8. The van der Waals surface area contributed by atoms with E-state index in [0.29, 0.717) is 0 Å². The molecule has 1 heterocycles. The molecular formula is C51H35N. The van der Waals surface area contributed by atoms with Crippen molar-refractivity contribution in [3.63, 3.8) is 0 Å². The van der Waals surface area contributed by atoms with Gasteiger partial charge in [-0.05, 0) is 113 Å². The summed E-state index contributed by atoms with van der Waals surface area (Å²) >= 11 is 0. The van der Waals surface area contributed by atoms with E-state index < -0.39 is 0 Å². The van der Waals surface area contributed by atoms with Gasteiger partial charge in [-0.1, -0.05) is 153 Å². The van der Waals surface area contributed by atoms with Crippen molar-refractivity contribution >= 4 is 54.1 Å². The van der Waals surface area contributed by atoms with Gasteiger partial charge in [0.15, 0.2) is 0 Å². The van der Waals surface area contributed by atoms with E-state index in [-0.39, 0.29) is 5.41 Å². The Balaban J connectivity index is 1.05. The van der Waals surface area contributed by atoms with Crippen molar-refractivity contribution in [1.29, 1.82) is 0 Å². The number of benzene rings is 9. The third-order valence-electron chi connectivity index (χ3n) is 11.8. The van der Waals surface area contributed by atoms with Crippen molar-refractivity contribution < 1.29 is 0 Å². The zero-order chi connectivity index (χ0) is 34.6. The lowest BCUT2D eigenvalue weighted by Crippen LogP contribution is -2.14. The van der Waals surface area contributed by atoms with E-state index in [2.05, 4.69) is 194 Å². The Bertz CT molecular complexity index is 3050. The van der Waals surface area contributed by atoms with Gasteiger partial charge >= 0.3 is 0 Å². The maximum absolute atomic E-state index is 2.43. The normalized spacial score (nSPS) is 13.3. The molecule has 9 aromatic carbocycles. The third kappa shape index (κ3) is 4.11. The Morgan fingerprint density at radius 3 is 1.54 bits per heavy atom. The Morgan fingerprint density at radius 1 is 0.327 bits per heavy atom. The number of aromatic nitrogens is 1. The largest absolute Gasteiger partial charge is 0.309 e. The molecule has 0 N–H and O–H groups in total. The quantitative estimate of drug-likeness (QED) is 0.166. The molecule has 244 valence electrons. The molecule has 0 unspecified atom stereocenters. The van der Waals surface area contributed by atoms with E-state index in [0.717, 1.165) is 5.69 Å². The van der Waals surface area contributed by atoms with Crippen LogP contribution in [0.2, 0.25) is 0 Å². The number of nitrogens with zero attached hydrogens (tertiary/aromatic N) is 1. The number of hydrogen-bond acceptors (Lipinski definition) is 0. The predicted octanol–water partition coefficient (Wildman–Crippen LogP) is 13.9. The zero-order valence-corrected chi connectivity index (χ0v) is 29.2. The molecule has 0 spiro atoms. The zero-order valence-electron chi connectivity index (χ0n) is 29.2. The fourth-order valence-corrected chi connectivity index (χ4v) is 9.22. The first-order valence-electron chi connectivity index (χ1n) is 18.3. The summed E-state index contributed by atoms with van der Waals surface area (Å²) in [5, 5.41) is 10.3. The predicted molar refractivity (Wildman–Crippen MR) is 222 cm³/mol. The summed E-state index contributed by atoms with van der Waals surface area (Å²) in [6, 6.07) is 65.4. The lowest BCUT2D eigenvalue weighted by Gasteiger charge is -2.21. The average molecular weight is 662 g/mol. The number of para-hydroxylation sites is 1. The molecule has 1 heteroatoms. The van der Waals surface area contributed by atoms with Crippen LogP contribution in [0.15, 0.2) is 176 Å². The first-order valence-corrected chi connectivity index (χ1v) is 18.3. The fourth-order valence-electron chi connectivity index (χ4n) is 9.22. The molecule has 0 amide bonds. The summed E-state index contributed by atoms with van der Waals surface area (Å²) in [5.41, 5.74) is 14.1. The van der Waals surface area contributed by atoms with Crippen LogP contribution in [0.1, 0.15) is 25.0 Å². The molecule has 1 nitrogen and oxygen atoms in total.